The molecular weight excluding hydrogens is 460 g/mol. The second-order valence-corrected chi connectivity index (χ2v) is 9.28. The van der Waals surface area contributed by atoms with Gasteiger partial charge in [-0.05, 0) is 58.0 Å². The van der Waals surface area contributed by atoms with Crippen LogP contribution in [0.3, 0.4) is 0 Å². The molecule has 0 bridgehead atoms. The van der Waals surface area contributed by atoms with Gasteiger partial charge in [0.1, 0.15) is 35.8 Å². The molecule has 0 radical (unpaired) electrons. The van der Waals surface area contributed by atoms with Crippen molar-refractivity contribution in [3.8, 4) is 17.0 Å². The third kappa shape index (κ3) is 4.84. The van der Waals surface area contributed by atoms with E-state index < -0.39 is 46.9 Å². The maximum Gasteiger partial charge on any atom is 0.424 e. The molecule has 2 heterocycles. The zero-order valence-electron chi connectivity index (χ0n) is 18.9. The molecule has 0 saturated carbocycles. The maximum absolute atomic E-state index is 14.2. The number of pyridine rings is 1. The first-order chi connectivity index (χ1) is 15.6. The number of aldehydes is 1. The Bertz CT molecular complexity index is 1100. The smallest absolute Gasteiger partial charge is 0.424 e. The van der Waals surface area contributed by atoms with Gasteiger partial charge in [-0.25, -0.2) is 14.2 Å². The second kappa shape index (κ2) is 8.53. The van der Waals surface area contributed by atoms with Gasteiger partial charge in [-0.1, -0.05) is 0 Å². The minimum atomic E-state index is -5.28. The van der Waals surface area contributed by atoms with Crippen molar-refractivity contribution in [2.24, 2.45) is 0 Å². The van der Waals surface area contributed by atoms with Crippen molar-refractivity contribution >= 4 is 12.4 Å². The summed E-state index contributed by atoms with van der Waals surface area (Å²) in [6, 6.07) is 5.68. The van der Waals surface area contributed by atoms with Gasteiger partial charge in [-0.2, -0.15) is 13.2 Å². The lowest BCUT2D eigenvalue weighted by atomic mass is 9.83. The van der Waals surface area contributed by atoms with Crippen molar-refractivity contribution < 1.29 is 41.7 Å². The second-order valence-electron chi connectivity index (χ2n) is 9.28. The molecule has 1 aliphatic rings. The first-order valence-electron chi connectivity index (χ1n) is 10.3. The van der Waals surface area contributed by atoms with Gasteiger partial charge < -0.3 is 24.7 Å². The lowest BCUT2D eigenvalue weighted by Gasteiger charge is -2.31. The van der Waals surface area contributed by atoms with Crippen LogP contribution in [0.1, 0.15) is 39.0 Å². The van der Waals surface area contributed by atoms with Crippen LogP contribution in [-0.4, -0.2) is 47.4 Å². The Labute approximate surface area is 193 Å². The van der Waals surface area contributed by atoms with Crippen LogP contribution in [0.2, 0.25) is 0 Å². The number of nitrogens with zero attached hydrogens (tertiary/aromatic N) is 1. The van der Waals surface area contributed by atoms with Crippen molar-refractivity contribution in [2.45, 2.75) is 50.5 Å². The number of carbonyl (C=O) groups is 2. The molecule has 1 aliphatic heterocycles. The summed E-state index contributed by atoms with van der Waals surface area (Å²) in [5, 5.41) is 12.7. The molecule has 2 N–H and O–H groups in total. The number of carbonyl (C=O) groups excluding carboxylic acids is 2. The first-order valence-corrected chi connectivity index (χ1v) is 10.3. The van der Waals surface area contributed by atoms with Crippen molar-refractivity contribution in [1.29, 1.82) is 0 Å². The predicted octanol–water partition coefficient (Wildman–Crippen LogP) is 4.01. The number of ether oxygens (including phenoxy) is 2. The Kier molecular flexibility index (Phi) is 6.38. The summed E-state index contributed by atoms with van der Waals surface area (Å²) in [5.41, 5.74) is -6.63. The normalized spacial score (nSPS) is 19.6. The van der Waals surface area contributed by atoms with Gasteiger partial charge in [0, 0.05) is 11.1 Å². The highest BCUT2D eigenvalue weighted by molar-refractivity contribution is 5.78. The molecule has 34 heavy (non-hydrogen) atoms. The lowest BCUT2D eigenvalue weighted by molar-refractivity contribution is -0.265. The van der Waals surface area contributed by atoms with E-state index >= 15 is 0 Å². The summed E-state index contributed by atoms with van der Waals surface area (Å²) in [4.78, 5) is 27.8. The summed E-state index contributed by atoms with van der Waals surface area (Å²) < 4.78 is 66.5. The Morgan fingerprint density at radius 3 is 2.41 bits per heavy atom. The summed E-state index contributed by atoms with van der Waals surface area (Å²) in [7, 11) is 0. The van der Waals surface area contributed by atoms with Crippen LogP contribution in [-0.2, 0) is 20.5 Å². The highest BCUT2D eigenvalue weighted by atomic mass is 19.4. The molecule has 7 nitrogen and oxygen atoms in total. The van der Waals surface area contributed by atoms with E-state index in [1.165, 1.54) is 39.8 Å². The fourth-order valence-electron chi connectivity index (χ4n) is 3.37. The Morgan fingerprint density at radius 1 is 1.26 bits per heavy atom. The number of hydrogen-bond acceptors (Lipinski definition) is 6. The standard InChI is InChI=1S/C23H24F4N2O5/c1-20(2,3)34-19(31)28-10-22(32,23(25,26)27)16-9-15-18(33-12-21(15,4)11-30)17(29-16)13-5-7-14(24)8-6-13/h5-9,11,32H,10,12H2,1-4H3,(H,28,31)/t21-,22?/m0/s1. The van der Waals surface area contributed by atoms with E-state index in [0.29, 0.717) is 6.29 Å². The fraction of sp³-hybridized carbons (Fsp3) is 0.435. The molecular formula is C23H24F4N2O5. The molecule has 1 aromatic heterocycles. The maximum atomic E-state index is 14.2. The van der Waals surface area contributed by atoms with Crippen LogP contribution in [0, 0.1) is 5.82 Å². The van der Waals surface area contributed by atoms with E-state index in [0.717, 1.165) is 18.2 Å². The number of halogens is 4. The minimum Gasteiger partial charge on any atom is -0.490 e. The number of aliphatic hydroxyl groups is 1. The third-order valence-corrected chi connectivity index (χ3v) is 5.26. The van der Waals surface area contributed by atoms with E-state index in [-0.39, 0.29) is 29.2 Å². The molecule has 1 amide bonds. The molecule has 0 fully saturated rings. The zero-order valence-corrected chi connectivity index (χ0v) is 18.9. The Morgan fingerprint density at radius 2 is 1.88 bits per heavy atom. The lowest BCUT2D eigenvalue weighted by Crippen LogP contribution is -2.52. The van der Waals surface area contributed by atoms with Gasteiger partial charge in [-0.15, -0.1) is 0 Å². The third-order valence-electron chi connectivity index (χ3n) is 5.26. The quantitative estimate of drug-likeness (QED) is 0.492. The molecule has 0 spiro atoms. The van der Waals surface area contributed by atoms with Gasteiger partial charge in [0.2, 0.25) is 5.60 Å². The number of nitrogens with one attached hydrogen (secondary N) is 1. The van der Waals surface area contributed by atoms with E-state index in [4.69, 9.17) is 9.47 Å². The van der Waals surface area contributed by atoms with E-state index in [9.17, 15) is 32.3 Å². The van der Waals surface area contributed by atoms with Gasteiger partial charge in [0.15, 0.2) is 0 Å². The van der Waals surface area contributed by atoms with E-state index in [1.807, 2.05) is 5.32 Å². The Balaban J connectivity index is 2.15. The number of amides is 1. The molecule has 2 atom stereocenters. The number of fused-ring (bicyclic) bond motifs is 1. The molecule has 1 aromatic carbocycles. The van der Waals surface area contributed by atoms with Crippen molar-refractivity contribution in [2.75, 3.05) is 13.2 Å². The first kappa shape index (κ1) is 25.4. The minimum absolute atomic E-state index is 0.0505. The van der Waals surface area contributed by atoms with Crippen LogP contribution in [0.25, 0.3) is 11.3 Å². The van der Waals surface area contributed by atoms with Crippen molar-refractivity contribution in [1.82, 2.24) is 10.3 Å². The molecule has 0 saturated heterocycles. The SMILES string of the molecule is CC(C)(C)OC(=O)NCC(O)(c1cc2c(c(-c3ccc(F)cc3)n1)OC[C@]2(C)C=O)C(F)(F)F. The number of rotatable bonds is 5. The molecule has 2 aromatic rings. The largest absolute Gasteiger partial charge is 0.490 e. The number of aromatic nitrogens is 1. The summed E-state index contributed by atoms with van der Waals surface area (Å²) in [6.45, 7) is 4.58. The van der Waals surface area contributed by atoms with E-state index in [2.05, 4.69) is 4.98 Å². The van der Waals surface area contributed by atoms with Gasteiger partial charge in [0.25, 0.3) is 0 Å². The Hall–Kier alpha value is -3.21. The molecule has 0 aliphatic carbocycles. The predicted molar refractivity (Wildman–Crippen MR) is 113 cm³/mol. The summed E-state index contributed by atoms with van der Waals surface area (Å²) >= 11 is 0. The highest BCUT2D eigenvalue weighted by Gasteiger charge is 2.57. The molecule has 11 heteroatoms. The average molecular weight is 484 g/mol. The fourth-order valence-corrected chi connectivity index (χ4v) is 3.37. The monoisotopic (exact) mass is 484 g/mol. The van der Waals surface area contributed by atoms with Crippen LogP contribution in [0.15, 0.2) is 30.3 Å². The van der Waals surface area contributed by atoms with Gasteiger partial charge in [0.05, 0.1) is 17.7 Å². The number of alkyl halides is 3. The van der Waals surface area contributed by atoms with Crippen LogP contribution >= 0.6 is 0 Å². The number of benzene rings is 1. The van der Waals surface area contributed by atoms with Crippen molar-refractivity contribution in [3.63, 3.8) is 0 Å². The van der Waals surface area contributed by atoms with E-state index in [1.54, 1.807) is 0 Å². The molecule has 3 rings (SSSR count). The summed E-state index contributed by atoms with van der Waals surface area (Å²) in [6.07, 6.45) is -5.92. The zero-order chi connectivity index (χ0) is 25.5. The molecule has 184 valence electrons. The number of alkyl carbamates (subject to hydrolysis) is 1. The number of hydrogen-bond donors (Lipinski definition) is 2. The van der Waals surface area contributed by atoms with Crippen LogP contribution in [0.5, 0.6) is 5.75 Å². The van der Waals surface area contributed by atoms with Gasteiger partial charge >= 0.3 is 12.3 Å². The van der Waals surface area contributed by atoms with Crippen LogP contribution in [0.4, 0.5) is 22.4 Å². The highest BCUT2D eigenvalue weighted by Crippen LogP contribution is 2.47. The van der Waals surface area contributed by atoms with Crippen LogP contribution < -0.4 is 10.1 Å². The summed E-state index contributed by atoms with van der Waals surface area (Å²) in [5.74, 6) is -0.530. The molecule has 1 unspecified atom stereocenters. The topological polar surface area (TPSA) is 97.8 Å². The van der Waals surface area contributed by atoms with Crippen molar-refractivity contribution in [3.05, 3.63) is 47.4 Å². The average Bonchev–Trinajstić information content (AvgIpc) is 3.07. The van der Waals surface area contributed by atoms with Gasteiger partial charge in [-0.3, -0.25) is 0 Å².